The molecule has 0 amide bonds. The van der Waals surface area contributed by atoms with Gasteiger partial charge in [-0.15, -0.1) is 0 Å². The maximum atomic E-state index is 14.4. The molecular formula is C52H65N3O8. The van der Waals surface area contributed by atoms with E-state index in [1.165, 1.54) is 7.11 Å². The Morgan fingerprint density at radius 2 is 1.81 bits per heavy atom. The van der Waals surface area contributed by atoms with Gasteiger partial charge in [0, 0.05) is 50.3 Å². The van der Waals surface area contributed by atoms with Gasteiger partial charge in [0.15, 0.2) is 17.3 Å². The molecular weight excluding hydrogens is 795 g/mol. The summed E-state index contributed by atoms with van der Waals surface area (Å²) in [6, 6.07) is 17.9. The number of dihydropyridines is 1. The van der Waals surface area contributed by atoms with Crippen molar-refractivity contribution in [2.75, 3.05) is 26.8 Å². The molecule has 3 fully saturated rings. The van der Waals surface area contributed by atoms with Gasteiger partial charge in [-0.25, -0.2) is 0 Å². The van der Waals surface area contributed by atoms with Gasteiger partial charge >= 0.3 is 0 Å². The van der Waals surface area contributed by atoms with E-state index >= 15 is 0 Å². The van der Waals surface area contributed by atoms with Crippen LogP contribution in [0.15, 0.2) is 78.1 Å². The molecule has 11 atom stereocenters. The van der Waals surface area contributed by atoms with Crippen LogP contribution in [0.3, 0.4) is 0 Å². The average molecular weight is 860 g/mol. The van der Waals surface area contributed by atoms with Gasteiger partial charge < -0.3 is 46.6 Å². The highest BCUT2D eigenvalue weighted by Gasteiger charge is 2.48. The predicted molar refractivity (Wildman–Crippen MR) is 243 cm³/mol. The fraction of sp³-hybridized carbons (Fsp3) is 0.538. The van der Waals surface area contributed by atoms with Crippen LogP contribution in [0, 0.1) is 40.9 Å². The molecule has 9 N–H and O–H groups in total. The van der Waals surface area contributed by atoms with Gasteiger partial charge in [-0.2, -0.15) is 0 Å². The molecule has 8 rings (SSSR count). The molecule has 5 aliphatic rings. The number of nitrogens with two attached hydrogens (primary N) is 1. The van der Waals surface area contributed by atoms with E-state index in [9.17, 15) is 35.1 Å². The van der Waals surface area contributed by atoms with E-state index in [0.29, 0.717) is 80.5 Å². The number of phenolic OH excluding ortho intramolecular Hbond substituents is 1. The largest absolute Gasteiger partial charge is 0.504 e. The van der Waals surface area contributed by atoms with Gasteiger partial charge in [-0.3, -0.25) is 9.59 Å². The quantitative estimate of drug-likeness (QED) is 0.0990. The zero-order valence-corrected chi connectivity index (χ0v) is 36.5. The number of ketones is 2. The Balaban J connectivity index is 1.03. The molecule has 0 aromatic heterocycles. The van der Waals surface area contributed by atoms with Crippen molar-refractivity contribution in [3.05, 3.63) is 94.8 Å². The third-order valence-corrected chi connectivity index (χ3v) is 15.3. The Labute approximate surface area is 371 Å². The third kappa shape index (κ3) is 9.86. The zero-order chi connectivity index (χ0) is 44.3. The molecule has 0 unspecified atom stereocenters. The summed E-state index contributed by atoms with van der Waals surface area (Å²) >= 11 is 0. The third-order valence-electron chi connectivity index (χ3n) is 15.3. The van der Waals surface area contributed by atoms with Crippen molar-refractivity contribution < 1.29 is 39.9 Å². The van der Waals surface area contributed by atoms with E-state index in [-0.39, 0.29) is 66.9 Å². The highest BCUT2D eigenvalue weighted by Crippen LogP contribution is 2.47. The first-order valence-corrected chi connectivity index (χ1v) is 23.2. The first-order valence-electron chi connectivity index (χ1n) is 23.2. The van der Waals surface area contributed by atoms with Crippen LogP contribution in [0.2, 0.25) is 0 Å². The minimum atomic E-state index is -1.30. The number of ether oxygens (including phenoxy) is 1. The Morgan fingerprint density at radius 1 is 0.984 bits per heavy atom. The molecule has 0 bridgehead atoms. The van der Waals surface area contributed by atoms with E-state index in [4.69, 9.17) is 10.5 Å². The molecule has 3 aromatic rings. The molecule has 3 aromatic carbocycles. The van der Waals surface area contributed by atoms with Crippen LogP contribution in [0.25, 0.3) is 10.8 Å². The number of aromatic hydroxyl groups is 1. The number of fused-ring (bicyclic) bond motifs is 3. The van der Waals surface area contributed by atoms with Crippen LogP contribution in [0.1, 0.15) is 106 Å². The number of nitrogens with one attached hydrogen (secondary N) is 2. The summed E-state index contributed by atoms with van der Waals surface area (Å²) in [4.78, 5) is 26.5. The fourth-order valence-corrected chi connectivity index (χ4v) is 11.6. The standard InChI is InChI=1S/C52H65N3O8/c1-63-48-25-36-9-11-49(61)52(16-12-31(21-50(52)62)20-34(15-19-56)40-23-39-8-10-41(57)27-44(39)55-30-40)17-13-37(43(36)29-47(48)60)24-45(58)46(59)28-42(38-14-18-54-51(53)26-38)35-7-6-32-4-2-3-5-33(32)22-35/h2-7,14,22,25-26,29,31,34,37,39-40,42,44-46,50,54-56,58-60,62H,8-12,15-16,18-21,23-24,27-28,30,53H2,1H3/t31-,34+,37-,39-,40+,42+,44-,45+,46-,50-,52+/m1/s1. The van der Waals surface area contributed by atoms with Crippen molar-refractivity contribution in [3.63, 3.8) is 0 Å². The Kier molecular flexibility index (Phi) is 14.0. The number of Topliss-reactive ketones (excluding diaryl/α,β-unsaturated/α-hetero) is 2. The van der Waals surface area contributed by atoms with Crippen molar-refractivity contribution in [2.45, 2.75) is 120 Å². The van der Waals surface area contributed by atoms with E-state index in [1.807, 2.05) is 18.2 Å². The minimum Gasteiger partial charge on any atom is -0.504 e. The number of carbonyl (C=O) groups is 2. The molecule has 2 heterocycles. The summed E-state index contributed by atoms with van der Waals surface area (Å²) in [5.41, 5.74) is 8.26. The molecule has 63 heavy (non-hydrogen) atoms. The van der Waals surface area contributed by atoms with Crippen LogP contribution in [0.5, 0.6) is 11.5 Å². The number of aliphatic hydroxyl groups excluding tert-OH is 4. The maximum Gasteiger partial charge on any atom is 0.160 e. The van der Waals surface area contributed by atoms with Crippen molar-refractivity contribution in [1.29, 1.82) is 0 Å². The van der Waals surface area contributed by atoms with Crippen LogP contribution < -0.4 is 21.1 Å². The summed E-state index contributed by atoms with van der Waals surface area (Å²) in [5.74, 6) is 7.87. The highest BCUT2D eigenvalue weighted by atomic mass is 16.5. The first kappa shape index (κ1) is 44.9. The number of carbonyl (C=O) groups excluding carboxylic acids is 2. The van der Waals surface area contributed by atoms with Gasteiger partial charge in [0.25, 0.3) is 0 Å². The van der Waals surface area contributed by atoms with Crippen LogP contribution in [0.4, 0.5) is 0 Å². The minimum absolute atomic E-state index is 0.0211. The monoisotopic (exact) mass is 859 g/mol. The number of piperidine rings is 1. The van der Waals surface area contributed by atoms with Crippen molar-refractivity contribution in [3.8, 4) is 23.3 Å². The number of allylic oxidation sites excluding steroid dienone is 2. The number of benzene rings is 3. The van der Waals surface area contributed by atoms with Gasteiger partial charge in [-0.05, 0) is 146 Å². The summed E-state index contributed by atoms with van der Waals surface area (Å²) in [6.07, 6.45) is 7.40. The Bertz CT molecular complexity index is 2280. The Morgan fingerprint density at radius 3 is 2.59 bits per heavy atom. The molecule has 2 saturated carbocycles. The van der Waals surface area contributed by atoms with Gasteiger partial charge in [0.1, 0.15) is 11.2 Å². The van der Waals surface area contributed by atoms with E-state index < -0.39 is 29.6 Å². The highest BCUT2D eigenvalue weighted by molar-refractivity contribution is 5.89. The number of hydrogen-bond donors (Lipinski definition) is 8. The lowest BCUT2D eigenvalue weighted by atomic mass is 9.63. The maximum absolute atomic E-state index is 14.4. The van der Waals surface area contributed by atoms with Gasteiger partial charge in [0.05, 0.1) is 31.2 Å². The van der Waals surface area contributed by atoms with Gasteiger partial charge in [0.2, 0.25) is 0 Å². The molecule has 11 nitrogen and oxygen atoms in total. The summed E-state index contributed by atoms with van der Waals surface area (Å²) in [6.45, 7) is 1.45. The average Bonchev–Trinajstić information content (AvgIpc) is 3.33. The van der Waals surface area contributed by atoms with Crippen LogP contribution in [-0.2, 0) is 16.0 Å². The van der Waals surface area contributed by atoms with Crippen molar-refractivity contribution >= 4 is 22.3 Å². The van der Waals surface area contributed by atoms with Crippen molar-refractivity contribution in [1.82, 2.24) is 10.6 Å². The second-order valence-electron chi connectivity index (χ2n) is 19.1. The number of phenols is 1. The molecule has 336 valence electrons. The van der Waals surface area contributed by atoms with Crippen molar-refractivity contribution in [2.24, 2.45) is 34.8 Å². The number of hydrogen-bond acceptors (Lipinski definition) is 11. The number of aryl methyl sites for hydroxylation is 1. The Hall–Kier alpha value is -4.70. The topological polar surface area (TPSA) is 195 Å². The summed E-state index contributed by atoms with van der Waals surface area (Å²) < 4.78 is 5.48. The first-order chi connectivity index (χ1) is 30.4. The normalized spacial score (nSPS) is 29.2. The lowest BCUT2D eigenvalue weighted by molar-refractivity contribution is -0.134. The van der Waals surface area contributed by atoms with E-state index in [0.717, 1.165) is 53.3 Å². The SMILES string of the molecule is COc1cc2c(cc1O)[C@@H](C[C@H](O)[C@H](O)C[C@H](C1=CCNC(N)=C1)c1ccc3ccccc3c1)C#C[C@@]1(CC[C@H](C[C@H](CCO)[C@@H]3CN[C@@H]4CC(=O)CC[C@@H]4C3)C[C@H]1O)C(=O)CC2. The van der Waals surface area contributed by atoms with Crippen LogP contribution >= 0.6 is 0 Å². The van der Waals surface area contributed by atoms with Gasteiger partial charge in [-0.1, -0.05) is 60.4 Å². The van der Waals surface area contributed by atoms with E-state index in [2.05, 4.69) is 58.9 Å². The molecule has 1 spiro atoms. The lowest BCUT2D eigenvalue weighted by Gasteiger charge is -2.44. The molecule has 1 saturated heterocycles. The molecule has 11 heteroatoms. The second kappa shape index (κ2) is 19.6. The molecule has 2 aliphatic heterocycles. The second-order valence-corrected chi connectivity index (χ2v) is 19.1. The number of methoxy groups -OCH3 is 1. The van der Waals surface area contributed by atoms with E-state index in [1.54, 1.807) is 12.1 Å². The fourth-order valence-electron chi connectivity index (χ4n) is 11.6. The number of rotatable bonds is 13. The smallest absolute Gasteiger partial charge is 0.160 e. The predicted octanol–water partition coefficient (Wildman–Crippen LogP) is 5.66. The lowest BCUT2D eigenvalue weighted by Crippen LogP contribution is -2.50. The molecule has 3 aliphatic carbocycles. The number of aliphatic hydroxyl groups is 4. The molecule has 0 radical (unpaired) electrons. The summed E-state index contributed by atoms with van der Waals surface area (Å²) in [7, 11) is 1.47. The summed E-state index contributed by atoms with van der Waals surface area (Å²) in [5, 5.41) is 66.0. The van der Waals surface area contributed by atoms with Crippen LogP contribution in [-0.4, -0.2) is 88.3 Å². The zero-order valence-electron chi connectivity index (χ0n) is 36.5.